The van der Waals surface area contributed by atoms with Gasteiger partial charge in [0.15, 0.2) is 0 Å². The van der Waals surface area contributed by atoms with Crippen molar-refractivity contribution in [2.24, 2.45) is 17.3 Å². The van der Waals surface area contributed by atoms with Crippen LogP contribution in [0.3, 0.4) is 0 Å². The predicted octanol–water partition coefficient (Wildman–Crippen LogP) is 4.64. The zero-order valence-corrected chi connectivity index (χ0v) is 15.0. The van der Waals surface area contributed by atoms with Gasteiger partial charge in [0.25, 0.3) is 0 Å². The third-order valence-corrected chi connectivity index (χ3v) is 5.53. The molecule has 4 atom stereocenters. The second-order valence-electron chi connectivity index (χ2n) is 7.93. The summed E-state index contributed by atoms with van der Waals surface area (Å²) in [6.07, 6.45) is 7.34. The minimum Gasteiger partial charge on any atom is -0.390 e. The molecule has 126 valence electrons. The summed E-state index contributed by atoms with van der Waals surface area (Å²) in [5.41, 5.74) is 1.65. The summed E-state index contributed by atoms with van der Waals surface area (Å²) in [5, 5.41) is 19.8. The Morgan fingerprint density at radius 2 is 2.00 bits per heavy atom. The van der Waals surface area contributed by atoms with Gasteiger partial charge in [-0.15, -0.1) is 6.58 Å². The minimum atomic E-state index is -1.05. The Morgan fingerprint density at radius 3 is 2.45 bits per heavy atom. The number of aliphatic hydroxyl groups excluding tert-OH is 1. The molecule has 0 aromatic carbocycles. The van der Waals surface area contributed by atoms with Crippen molar-refractivity contribution in [3.8, 4) is 0 Å². The molecule has 1 aliphatic rings. The van der Waals surface area contributed by atoms with Gasteiger partial charge in [0.2, 0.25) is 0 Å². The third-order valence-electron chi connectivity index (χ3n) is 5.53. The van der Waals surface area contributed by atoms with Crippen LogP contribution in [0.4, 0.5) is 0 Å². The van der Waals surface area contributed by atoms with Gasteiger partial charge in [-0.05, 0) is 70.6 Å². The molecule has 2 N–H and O–H groups in total. The Hall–Kier alpha value is -0.860. The van der Waals surface area contributed by atoms with Crippen LogP contribution in [-0.2, 0) is 0 Å². The Morgan fingerprint density at radius 1 is 1.41 bits per heavy atom. The van der Waals surface area contributed by atoms with Crippen LogP contribution in [0, 0.1) is 17.3 Å². The van der Waals surface area contributed by atoms with Gasteiger partial charge < -0.3 is 10.2 Å². The predicted molar refractivity (Wildman–Crippen MR) is 94.6 cm³/mol. The van der Waals surface area contributed by atoms with Crippen LogP contribution >= 0.6 is 0 Å². The van der Waals surface area contributed by atoms with Gasteiger partial charge in [-0.2, -0.15) is 0 Å². The van der Waals surface area contributed by atoms with E-state index in [1.807, 2.05) is 0 Å². The van der Waals surface area contributed by atoms with Crippen molar-refractivity contribution in [1.82, 2.24) is 0 Å². The monoisotopic (exact) mass is 306 g/mol. The first-order valence-corrected chi connectivity index (χ1v) is 8.37. The molecule has 0 aliphatic heterocycles. The van der Waals surface area contributed by atoms with E-state index in [1.165, 1.54) is 11.1 Å². The topological polar surface area (TPSA) is 40.5 Å². The zero-order valence-electron chi connectivity index (χ0n) is 15.0. The quantitative estimate of drug-likeness (QED) is 0.702. The molecule has 22 heavy (non-hydrogen) atoms. The molecule has 0 saturated heterocycles. The van der Waals surface area contributed by atoms with Gasteiger partial charge in [-0.25, -0.2) is 0 Å². The van der Waals surface area contributed by atoms with Crippen LogP contribution in [0.5, 0.6) is 0 Å². The average molecular weight is 306 g/mol. The summed E-state index contributed by atoms with van der Waals surface area (Å²) in [6, 6.07) is 0. The fraction of sp³-hybridized carbons (Fsp3) is 0.700. The van der Waals surface area contributed by atoms with E-state index in [0.717, 1.165) is 19.3 Å². The van der Waals surface area contributed by atoms with Crippen molar-refractivity contribution in [2.75, 3.05) is 0 Å². The molecule has 0 bridgehead atoms. The lowest BCUT2D eigenvalue weighted by atomic mass is 9.61. The first kappa shape index (κ1) is 19.2. The van der Waals surface area contributed by atoms with Crippen LogP contribution < -0.4 is 0 Å². The van der Waals surface area contributed by atoms with E-state index in [1.54, 1.807) is 13.8 Å². The van der Waals surface area contributed by atoms with E-state index < -0.39 is 11.7 Å². The minimum absolute atomic E-state index is 0.148. The van der Waals surface area contributed by atoms with E-state index in [0.29, 0.717) is 18.3 Å². The van der Waals surface area contributed by atoms with Crippen molar-refractivity contribution in [2.45, 2.75) is 72.0 Å². The standard InChI is InChI=1S/C20H34O2/c1-8-20(7)12-11-16(13-17(20)14(2)3)15(4)9-10-18(21)19(5,6)22/h8-9,16-18,21-22H,1-2,10-13H2,3-7H3/b15-9+/t16-,17+,18?,20-/m0/s1. The Bertz CT molecular complexity index is 441. The lowest BCUT2D eigenvalue weighted by Crippen LogP contribution is -2.35. The van der Waals surface area contributed by atoms with Gasteiger partial charge in [0.05, 0.1) is 11.7 Å². The second kappa shape index (κ2) is 7.14. The summed E-state index contributed by atoms with van der Waals surface area (Å²) in [6.45, 7) is 18.1. The van der Waals surface area contributed by atoms with Crippen LogP contribution in [0.15, 0.2) is 36.5 Å². The molecule has 0 heterocycles. The number of allylic oxidation sites excluding steroid dienone is 3. The van der Waals surface area contributed by atoms with Crippen LogP contribution in [0.25, 0.3) is 0 Å². The molecule has 1 saturated carbocycles. The second-order valence-corrected chi connectivity index (χ2v) is 7.93. The van der Waals surface area contributed by atoms with Crippen molar-refractivity contribution in [3.05, 3.63) is 36.5 Å². The molecule has 1 fully saturated rings. The molecule has 1 aliphatic carbocycles. The maximum Gasteiger partial charge on any atom is 0.0856 e. The van der Waals surface area contributed by atoms with E-state index in [2.05, 4.69) is 46.1 Å². The maximum atomic E-state index is 9.97. The lowest BCUT2D eigenvalue weighted by Gasteiger charge is -2.43. The highest BCUT2D eigenvalue weighted by Crippen LogP contribution is 2.48. The Balaban J connectivity index is 2.78. The summed E-state index contributed by atoms with van der Waals surface area (Å²) >= 11 is 0. The molecular weight excluding hydrogens is 272 g/mol. The normalized spacial score (nSPS) is 31.7. The van der Waals surface area contributed by atoms with Gasteiger partial charge in [-0.3, -0.25) is 0 Å². The zero-order chi connectivity index (χ0) is 17.1. The van der Waals surface area contributed by atoms with E-state index in [4.69, 9.17) is 0 Å². The molecular formula is C20H34O2. The molecule has 1 unspecified atom stereocenters. The number of aliphatic hydroxyl groups is 2. The lowest BCUT2D eigenvalue weighted by molar-refractivity contribution is -0.0457. The molecule has 0 aromatic rings. The molecule has 2 heteroatoms. The molecule has 1 rings (SSSR count). The molecule has 0 amide bonds. The largest absolute Gasteiger partial charge is 0.390 e. The van der Waals surface area contributed by atoms with Crippen molar-refractivity contribution < 1.29 is 10.2 Å². The molecule has 2 nitrogen and oxygen atoms in total. The summed E-state index contributed by atoms with van der Waals surface area (Å²) < 4.78 is 0. The van der Waals surface area contributed by atoms with Crippen molar-refractivity contribution in [3.63, 3.8) is 0 Å². The Labute approximate surface area is 136 Å². The SMILES string of the molecule is C=C[C@@]1(C)CC[C@H](/C(C)=C/CC(O)C(C)(C)O)C[C@@H]1C(=C)C. The smallest absolute Gasteiger partial charge is 0.0856 e. The number of hydrogen-bond donors (Lipinski definition) is 2. The van der Waals surface area contributed by atoms with Crippen LogP contribution in [-0.4, -0.2) is 21.9 Å². The fourth-order valence-corrected chi connectivity index (χ4v) is 3.51. The first-order chi connectivity index (χ1) is 10.0. The van der Waals surface area contributed by atoms with E-state index in [9.17, 15) is 10.2 Å². The van der Waals surface area contributed by atoms with Gasteiger partial charge >= 0.3 is 0 Å². The molecule has 0 aromatic heterocycles. The highest BCUT2D eigenvalue weighted by Gasteiger charge is 2.38. The molecule has 0 radical (unpaired) electrons. The molecule has 0 spiro atoms. The van der Waals surface area contributed by atoms with Gasteiger partial charge in [0, 0.05) is 0 Å². The number of rotatable bonds is 6. The Kier molecular flexibility index (Phi) is 6.23. The number of hydrogen-bond acceptors (Lipinski definition) is 2. The van der Waals surface area contributed by atoms with Crippen LogP contribution in [0.1, 0.15) is 60.3 Å². The highest BCUT2D eigenvalue weighted by atomic mass is 16.3. The summed E-state index contributed by atoms with van der Waals surface area (Å²) in [5.74, 6) is 0.995. The summed E-state index contributed by atoms with van der Waals surface area (Å²) in [7, 11) is 0. The van der Waals surface area contributed by atoms with Crippen LogP contribution in [0.2, 0.25) is 0 Å². The van der Waals surface area contributed by atoms with Crippen molar-refractivity contribution >= 4 is 0 Å². The van der Waals surface area contributed by atoms with Gasteiger partial charge in [-0.1, -0.05) is 36.8 Å². The van der Waals surface area contributed by atoms with Gasteiger partial charge in [0.1, 0.15) is 0 Å². The fourth-order valence-electron chi connectivity index (χ4n) is 3.51. The third kappa shape index (κ3) is 4.57. The summed E-state index contributed by atoms with van der Waals surface area (Å²) in [4.78, 5) is 0. The highest BCUT2D eigenvalue weighted by molar-refractivity contribution is 5.16. The average Bonchev–Trinajstić information content (AvgIpc) is 2.43. The van der Waals surface area contributed by atoms with Crippen molar-refractivity contribution in [1.29, 1.82) is 0 Å². The first-order valence-electron chi connectivity index (χ1n) is 8.37. The van der Waals surface area contributed by atoms with E-state index >= 15 is 0 Å². The maximum absolute atomic E-state index is 9.97. The van der Waals surface area contributed by atoms with E-state index in [-0.39, 0.29) is 5.41 Å².